The lowest BCUT2D eigenvalue weighted by Gasteiger charge is -2.21. The fourth-order valence-electron chi connectivity index (χ4n) is 1.46. The summed E-state index contributed by atoms with van der Waals surface area (Å²) in [6.07, 6.45) is 1.38. The van der Waals surface area contributed by atoms with Gasteiger partial charge in [0.1, 0.15) is 5.60 Å². The van der Waals surface area contributed by atoms with E-state index in [0.717, 1.165) is 0 Å². The number of hydrogen-bond acceptors (Lipinski definition) is 4. The van der Waals surface area contributed by atoms with E-state index in [1.54, 1.807) is 33.8 Å². The molecule has 0 rings (SSSR count). The first kappa shape index (κ1) is 17.6. The van der Waals surface area contributed by atoms with E-state index in [1.807, 2.05) is 0 Å². The van der Waals surface area contributed by atoms with Crippen LogP contribution in [0, 0.1) is 5.92 Å². The monoisotopic (exact) mass is 271 g/mol. The Bertz CT molecular complexity index is 318. The maximum absolute atomic E-state index is 11.9. The Morgan fingerprint density at radius 1 is 1.42 bits per heavy atom. The van der Waals surface area contributed by atoms with Crippen LogP contribution in [0.4, 0.5) is 0 Å². The Balaban J connectivity index is 4.43. The van der Waals surface area contributed by atoms with E-state index in [4.69, 9.17) is 9.84 Å². The molecule has 0 saturated carbocycles. The summed E-state index contributed by atoms with van der Waals surface area (Å²) in [4.78, 5) is 23.6. The number of hydrogen-bond donors (Lipinski definition) is 2. The summed E-state index contributed by atoms with van der Waals surface area (Å²) < 4.78 is 5.19. The molecule has 0 aromatic rings. The Labute approximate surface area is 115 Å². The second kappa shape index (κ2) is 7.94. The summed E-state index contributed by atoms with van der Waals surface area (Å²) in [6, 6.07) is 0. The molecule has 0 aromatic carbocycles. The molecule has 0 fully saturated rings. The van der Waals surface area contributed by atoms with Crippen molar-refractivity contribution >= 4 is 11.9 Å². The summed E-state index contributed by atoms with van der Waals surface area (Å²) in [7, 11) is 0. The summed E-state index contributed by atoms with van der Waals surface area (Å²) in [6.45, 7) is 10.7. The minimum Gasteiger partial charge on any atom is -0.460 e. The first-order chi connectivity index (χ1) is 8.65. The zero-order valence-electron chi connectivity index (χ0n) is 12.2. The number of allylic oxidation sites excluding steroid dienone is 1. The maximum Gasteiger partial charge on any atom is 0.307 e. The molecule has 5 heteroatoms. The van der Waals surface area contributed by atoms with Crippen LogP contribution in [-0.2, 0) is 14.3 Å². The van der Waals surface area contributed by atoms with Crippen LogP contribution in [0.2, 0.25) is 0 Å². The molecule has 0 aliphatic heterocycles. The highest BCUT2D eigenvalue weighted by Gasteiger charge is 2.24. The highest BCUT2D eigenvalue weighted by atomic mass is 16.6. The third-order valence-corrected chi connectivity index (χ3v) is 2.23. The van der Waals surface area contributed by atoms with E-state index in [1.165, 1.54) is 0 Å². The molecule has 0 aromatic heterocycles. The number of ether oxygens (including phenoxy) is 1. The lowest BCUT2D eigenvalue weighted by atomic mass is 10.00. The van der Waals surface area contributed by atoms with Crippen LogP contribution >= 0.6 is 0 Å². The number of aliphatic hydroxyl groups excluding tert-OH is 1. The highest BCUT2D eigenvalue weighted by Crippen LogP contribution is 2.15. The van der Waals surface area contributed by atoms with Crippen LogP contribution in [0.25, 0.3) is 0 Å². The lowest BCUT2D eigenvalue weighted by molar-refractivity contribution is -0.157. The first-order valence-electron chi connectivity index (χ1n) is 6.44. The molecule has 2 atom stereocenters. The van der Waals surface area contributed by atoms with Gasteiger partial charge in [0.2, 0.25) is 5.91 Å². The third-order valence-electron chi connectivity index (χ3n) is 2.23. The lowest BCUT2D eigenvalue weighted by Crippen LogP contribution is -2.37. The minimum atomic E-state index is -0.616. The quantitative estimate of drug-likeness (QED) is 0.542. The number of nitrogens with one attached hydrogen (secondary N) is 1. The molecule has 19 heavy (non-hydrogen) atoms. The van der Waals surface area contributed by atoms with E-state index in [2.05, 4.69) is 11.9 Å². The zero-order chi connectivity index (χ0) is 15.1. The van der Waals surface area contributed by atoms with Crippen LogP contribution in [0.15, 0.2) is 12.7 Å². The van der Waals surface area contributed by atoms with Crippen molar-refractivity contribution in [1.82, 2.24) is 5.32 Å². The van der Waals surface area contributed by atoms with E-state index in [9.17, 15) is 9.59 Å². The minimum absolute atomic E-state index is 0.00886. The van der Waals surface area contributed by atoms with Gasteiger partial charge < -0.3 is 15.2 Å². The second-order valence-electron chi connectivity index (χ2n) is 5.61. The Morgan fingerprint density at radius 2 is 2.00 bits per heavy atom. The van der Waals surface area contributed by atoms with Crippen LogP contribution < -0.4 is 5.32 Å². The Morgan fingerprint density at radius 3 is 2.42 bits per heavy atom. The molecule has 0 aliphatic rings. The molecule has 0 heterocycles. The van der Waals surface area contributed by atoms with Gasteiger partial charge >= 0.3 is 5.97 Å². The van der Waals surface area contributed by atoms with Crippen molar-refractivity contribution in [3.8, 4) is 0 Å². The van der Waals surface area contributed by atoms with Gasteiger partial charge in [0, 0.05) is 6.54 Å². The molecule has 0 saturated heterocycles. The number of carbonyl (C=O) groups excluding carboxylic acids is 2. The van der Waals surface area contributed by atoms with Gasteiger partial charge in [-0.1, -0.05) is 6.08 Å². The van der Waals surface area contributed by atoms with Crippen molar-refractivity contribution in [2.45, 2.75) is 52.2 Å². The summed E-state index contributed by atoms with van der Waals surface area (Å²) in [5.41, 5.74) is -0.564. The van der Waals surface area contributed by atoms with Crippen LogP contribution in [0.5, 0.6) is 0 Å². The van der Waals surface area contributed by atoms with E-state index in [-0.39, 0.29) is 18.9 Å². The van der Waals surface area contributed by atoms with Crippen LogP contribution in [-0.4, -0.2) is 35.2 Å². The predicted octanol–water partition coefficient (Wildman–Crippen LogP) is 1.41. The van der Waals surface area contributed by atoms with E-state index >= 15 is 0 Å². The molecule has 0 bridgehead atoms. The van der Waals surface area contributed by atoms with E-state index in [0.29, 0.717) is 6.42 Å². The molecule has 0 radical (unpaired) electrons. The van der Waals surface area contributed by atoms with Crippen LogP contribution in [0.1, 0.15) is 40.5 Å². The van der Waals surface area contributed by atoms with Gasteiger partial charge in [0.25, 0.3) is 0 Å². The summed E-state index contributed by atoms with van der Waals surface area (Å²) in [5, 5.41) is 11.7. The molecule has 0 spiro atoms. The molecule has 0 aliphatic carbocycles. The Hall–Kier alpha value is -1.36. The van der Waals surface area contributed by atoms with Crippen molar-refractivity contribution < 1.29 is 19.4 Å². The molecular weight excluding hydrogens is 246 g/mol. The molecule has 110 valence electrons. The molecule has 1 unspecified atom stereocenters. The predicted molar refractivity (Wildman–Crippen MR) is 73.5 cm³/mol. The number of rotatable bonds is 7. The Kier molecular flexibility index (Phi) is 7.37. The topological polar surface area (TPSA) is 75.6 Å². The van der Waals surface area contributed by atoms with Gasteiger partial charge in [0.15, 0.2) is 0 Å². The number of aliphatic hydroxyl groups is 1. The fraction of sp³-hybridized carbons (Fsp3) is 0.714. The second-order valence-corrected chi connectivity index (χ2v) is 5.61. The highest BCUT2D eigenvalue weighted by molar-refractivity contribution is 5.84. The maximum atomic E-state index is 11.9. The molecule has 1 amide bonds. The van der Waals surface area contributed by atoms with Crippen molar-refractivity contribution in [1.29, 1.82) is 0 Å². The van der Waals surface area contributed by atoms with Crippen molar-refractivity contribution in [3.05, 3.63) is 12.7 Å². The number of amides is 1. The molecule has 2 N–H and O–H groups in total. The molecule has 5 nitrogen and oxygen atoms in total. The smallest absolute Gasteiger partial charge is 0.307 e. The van der Waals surface area contributed by atoms with Gasteiger partial charge in [-0.2, -0.15) is 0 Å². The van der Waals surface area contributed by atoms with E-state index < -0.39 is 23.6 Å². The number of carbonyl (C=O) groups is 2. The van der Waals surface area contributed by atoms with Gasteiger partial charge in [-0.25, -0.2) is 0 Å². The van der Waals surface area contributed by atoms with Crippen molar-refractivity contribution in [3.63, 3.8) is 0 Å². The van der Waals surface area contributed by atoms with Gasteiger partial charge in [0.05, 0.1) is 18.4 Å². The largest absolute Gasteiger partial charge is 0.460 e. The SMILES string of the molecule is C=CCC(CC(=O)OC(C)(C)C)C(=O)NC[C@@H](C)O. The van der Waals surface area contributed by atoms with Gasteiger partial charge in [-0.05, 0) is 34.1 Å². The average Bonchev–Trinajstić information content (AvgIpc) is 2.22. The standard InChI is InChI=1S/C14H25NO4/c1-6-7-11(13(18)15-9-10(2)16)8-12(17)19-14(3,4)5/h6,10-11,16H,1,7-9H2,2-5H3,(H,15,18)/t10-,11?/m1/s1. The van der Waals surface area contributed by atoms with Gasteiger partial charge in [-0.15, -0.1) is 6.58 Å². The van der Waals surface area contributed by atoms with Crippen molar-refractivity contribution in [2.24, 2.45) is 5.92 Å². The van der Waals surface area contributed by atoms with Gasteiger partial charge in [-0.3, -0.25) is 9.59 Å². The summed E-state index contributed by atoms with van der Waals surface area (Å²) in [5.74, 6) is -1.19. The normalized spacial score (nSPS) is 14.4. The number of esters is 1. The van der Waals surface area contributed by atoms with Crippen molar-refractivity contribution in [2.75, 3.05) is 6.54 Å². The van der Waals surface area contributed by atoms with Crippen LogP contribution in [0.3, 0.4) is 0 Å². The zero-order valence-corrected chi connectivity index (χ0v) is 12.2. The fourth-order valence-corrected chi connectivity index (χ4v) is 1.46. The first-order valence-corrected chi connectivity index (χ1v) is 6.44. The molecular formula is C14H25NO4. The average molecular weight is 271 g/mol. The summed E-state index contributed by atoms with van der Waals surface area (Å²) >= 11 is 0. The third kappa shape index (κ3) is 9.25.